The Morgan fingerprint density at radius 1 is 1.10 bits per heavy atom. The van der Waals surface area contributed by atoms with Crippen LogP contribution in [0.25, 0.3) is 20.4 Å². The molecule has 0 bridgehead atoms. The van der Waals surface area contributed by atoms with E-state index in [9.17, 15) is 9.59 Å². The van der Waals surface area contributed by atoms with E-state index in [1.54, 1.807) is 11.0 Å². The number of thiazole rings is 1. The smallest absolute Gasteiger partial charge is 0.262 e. The first-order valence-electron chi connectivity index (χ1n) is 9.69. The van der Waals surface area contributed by atoms with Crippen LogP contribution in [-0.4, -0.2) is 20.4 Å². The molecule has 0 aliphatic rings. The van der Waals surface area contributed by atoms with Crippen LogP contribution >= 0.6 is 22.7 Å². The third kappa shape index (κ3) is 3.64. The zero-order chi connectivity index (χ0) is 21.5. The number of thiophene rings is 1. The molecule has 0 saturated heterocycles. The van der Waals surface area contributed by atoms with Gasteiger partial charge in [-0.2, -0.15) is 0 Å². The van der Waals surface area contributed by atoms with E-state index >= 15 is 0 Å². The molecule has 154 valence electrons. The molecule has 1 amide bonds. The number of benzene rings is 2. The van der Waals surface area contributed by atoms with Gasteiger partial charge in [-0.1, -0.05) is 29.5 Å². The topological polar surface area (TPSA) is 68.1 Å². The monoisotopic (exact) mass is 446 g/mol. The van der Waals surface area contributed by atoms with Crippen molar-refractivity contribution in [1.29, 1.82) is 0 Å². The fourth-order valence-corrected chi connectivity index (χ4v) is 5.35. The third-order valence-electron chi connectivity index (χ3n) is 4.94. The third-order valence-corrected chi connectivity index (χ3v) is 6.79. The molecule has 31 heavy (non-hydrogen) atoms. The molecule has 2 aromatic carbocycles. The molecule has 0 unspecified atom stereocenters. The molecule has 0 N–H and O–H groups in total. The lowest BCUT2D eigenvalue weighted by Crippen LogP contribution is -2.33. The zero-order valence-corrected chi connectivity index (χ0v) is 18.5. The van der Waals surface area contributed by atoms with E-state index in [1.807, 2.05) is 55.6 Å². The van der Waals surface area contributed by atoms with Crippen LogP contribution in [0.5, 0.6) is 0 Å². The molecule has 6 nitrogen and oxygen atoms in total. The first kappa shape index (κ1) is 19.6. The lowest BCUT2D eigenvalue weighted by atomic mass is 10.1. The predicted molar refractivity (Wildman–Crippen MR) is 127 cm³/mol. The van der Waals surface area contributed by atoms with Crippen LogP contribution in [0.4, 0.5) is 10.8 Å². The maximum Gasteiger partial charge on any atom is 0.262 e. The highest BCUT2D eigenvalue weighted by atomic mass is 32.1. The number of hydrogen-bond donors (Lipinski definition) is 0. The van der Waals surface area contributed by atoms with Crippen molar-refractivity contribution in [3.05, 3.63) is 81.7 Å². The summed E-state index contributed by atoms with van der Waals surface area (Å²) in [6, 6.07) is 15.5. The quantitative estimate of drug-likeness (QED) is 0.387. The lowest BCUT2D eigenvalue weighted by molar-refractivity contribution is -0.118. The minimum Gasteiger partial charge on any atom is -0.289 e. The van der Waals surface area contributed by atoms with Crippen molar-refractivity contribution in [1.82, 2.24) is 14.5 Å². The molecule has 0 aliphatic heterocycles. The maximum atomic E-state index is 13.5. The summed E-state index contributed by atoms with van der Waals surface area (Å²) in [5.74, 6) is -0.248. The van der Waals surface area contributed by atoms with Gasteiger partial charge < -0.3 is 0 Å². The second kappa shape index (κ2) is 7.72. The molecule has 3 heterocycles. The van der Waals surface area contributed by atoms with Gasteiger partial charge in [0.15, 0.2) is 5.13 Å². The average molecular weight is 447 g/mol. The van der Waals surface area contributed by atoms with Gasteiger partial charge in [0.25, 0.3) is 11.5 Å². The molecule has 0 atom stereocenters. The summed E-state index contributed by atoms with van der Waals surface area (Å²) in [4.78, 5) is 37.7. The Hall–Kier alpha value is -3.36. The van der Waals surface area contributed by atoms with Gasteiger partial charge >= 0.3 is 0 Å². The minimum atomic E-state index is -0.248. The summed E-state index contributed by atoms with van der Waals surface area (Å²) in [6.07, 6.45) is 1.44. The zero-order valence-electron chi connectivity index (χ0n) is 16.9. The van der Waals surface area contributed by atoms with E-state index < -0.39 is 0 Å². The summed E-state index contributed by atoms with van der Waals surface area (Å²) < 4.78 is 2.36. The van der Waals surface area contributed by atoms with E-state index in [2.05, 4.69) is 11.1 Å². The Balaban J connectivity index is 1.61. The van der Waals surface area contributed by atoms with Crippen LogP contribution in [0.15, 0.2) is 65.0 Å². The number of nitrogens with zero attached hydrogens (tertiary/aromatic N) is 4. The number of aromatic nitrogens is 3. The number of carbonyl (C=O) groups is 1. The van der Waals surface area contributed by atoms with E-state index in [-0.39, 0.29) is 18.0 Å². The van der Waals surface area contributed by atoms with Crippen molar-refractivity contribution in [3.63, 3.8) is 0 Å². The molecule has 5 aromatic rings. The van der Waals surface area contributed by atoms with E-state index in [0.29, 0.717) is 15.3 Å². The van der Waals surface area contributed by atoms with E-state index in [0.717, 1.165) is 27.0 Å². The predicted octanol–water partition coefficient (Wildman–Crippen LogP) is 5.05. The summed E-state index contributed by atoms with van der Waals surface area (Å²) >= 11 is 2.86. The molecule has 0 spiro atoms. The summed E-state index contributed by atoms with van der Waals surface area (Å²) in [5.41, 5.74) is 3.45. The Morgan fingerprint density at radius 2 is 1.87 bits per heavy atom. The van der Waals surface area contributed by atoms with Crippen LogP contribution in [0.2, 0.25) is 0 Å². The highest BCUT2D eigenvalue weighted by molar-refractivity contribution is 7.22. The number of para-hydroxylation sites is 1. The van der Waals surface area contributed by atoms with Crippen molar-refractivity contribution in [2.45, 2.75) is 20.4 Å². The number of hydrogen-bond acceptors (Lipinski definition) is 6. The number of rotatable bonds is 4. The molecule has 0 radical (unpaired) electrons. The van der Waals surface area contributed by atoms with Gasteiger partial charge in [-0.25, -0.2) is 9.97 Å². The first-order chi connectivity index (χ1) is 15.0. The standard InChI is InChI=1S/C23H18N4O2S2/c1-14-9-15(2)11-16(10-14)27(23-25-18-5-3-4-6-19(18)31-23)20(28)12-26-13-24-21-17(22(26)29)7-8-30-21/h3-11,13H,12H2,1-2H3. The van der Waals surface area contributed by atoms with Crippen molar-refractivity contribution >= 4 is 59.8 Å². The highest BCUT2D eigenvalue weighted by Gasteiger charge is 2.23. The Bertz CT molecular complexity index is 1450. The summed E-state index contributed by atoms with van der Waals surface area (Å²) in [7, 11) is 0. The summed E-state index contributed by atoms with van der Waals surface area (Å²) in [6.45, 7) is 3.87. The van der Waals surface area contributed by atoms with Crippen molar-refractivity contribution in [3.8, 4) is 0 Å². The number of amides is 1. The van der Waals surface area contributed by atoms with Crippen LogP contribution in [0.3, 0.4) is 0 Å². The Labute approximate surface area is 186 Å². The number of aryl methyl sites for hydroxylation is 2. The number of fused-ring (bicyclic) bond motifs is 2. The molecule has 5 rings (SSSR count). The highest BCUT2D eigenvalue weighted by Crippen LogP contribution is 2.34. The fourth-order valence-electron chi connectivity index (χ4n) is 3.62. The number of anilines is 2. The second-order valence-corrected chi connectivity index (χ2v) is 9.26. The minimum absolute atomic E-state index is 0.124. The molecular weight excluding hydrogens is 428 g/mol. The molecule has 0 fully saturated rings. The van der Waals surface area contributed by atoms with Crippen molar-refractivity contribution in [2.75, 3.05) is 4.90 Å². The van der Waals surface area contributed by atoms with Gasteiger partial charge in [0.2, 0.25) is 0 Å². The van der Waals surface area contributed by atoms with E-state index in [1.165, 1.54) is 33.6 Å². The second-order valence-electron chi connectivity index (χ2n) is 7.36. The van der Waals surface area contributed by atoms with Crippen molar-refractivity contribution in [2.24, 2.45) is 0 Å². The molecule has 0 aliphatic carbocycles. The van der Waals surface area contributed by atoms with Gasteiger partial charge in [-0.15, -0.1) is 11.3 Å². The Kier molecular flexibility index (Phi) is 4.88. The van der Waals surface area contributed by atoms with Crippen LogP contribution in [0.1, 0.15) is 11.1 Å². The van der Waals surface area contributed by atoms with Gasteiger partial charge in [0.1, 0.15) is 11.4 Å². The lowest BCUT2D eigenvalue weighted by Gasteiger charge is -2.21. The van der Waals surface area contributed by atoms with Gasteiger partial charge in [-0.3, -0.25) is 19.1 Å². The van der Waals surface area contributed by atoms with Gasteiger partial charge in [-0.05, 0) is 60.7 Å². The molecule has 8 heteroatoms. The van der Waals surface area contributed by atoms with E-state index in [4.69, 9.17) is 4.98 Å². The van der Waals surface area contributed by atoms with Crippen molar-refractivity contribution < 1.29 is 4.79 Å². The largest absolute Gasteiger partial charge is 0.289 e. The van der Waals surface area contributed by atoms with Crippen LogP contribution in [-0.2, 0) is 11.3 Å². The van der Waals surface area contributed by atoms with Crippen LogP contribution < -0.4 is 10.5 Å². The first-order valence-corrected chi connectivity index (χ1v) is 11.4. The Morgan fingerprint density at radius 3 is 2.65 bits per heavy atom. The molecule has 0 saturated carbocycles. The molecule has 3 aromatic heterocycles. The fraction of sp³-hybridized carbons (Fsp3) is 0.130. The van der Waals surface area contributed by atoms with Gasteiger partial charge in [0, 0.05) is 0 Å². The SMILES string of the molecule is Cc1cc(C)cc(N(C(=O)Cn2cnc3sccc3c2=O)c2nc3ccccc3s2)c1. The van der Waals surface area contributed by atoms with Crippen LogP contribution in [0, 0.1) is 13.8 Å². The average Bonchev–Trinajstić information content (AvgIpc) is 3.36. The molecular formula is C23H18N4O2S2. The normalized spacial score (nSPS) is 11.3. The maximum absolute atomic E-state index is 13.5. The summed E-state index contributed by atoms with van der Waals surface area (Å²) in [5, 5.41) is 2.93. The number of carbonyl (C=O) groups excluding carboxylic acids is 1. The van der Waals surface area contributed by atoms with Gasteiger partial charge in [0.05, 0.1) is 27.6 Å².